The van der Waals surface area contributed by atoms with E-state index in [1.165, 1.54) is 11.1 Å². The summed E-state index contributed by atoms with van der Waals surface area (Å²) in [6.07, 6.45) is 0.681. The Morgan fingerprint density at radius 2 is 1.85 bits per heavy atom. The molecule has 14 nitrogen and oxygen atoms in total. The Morgan fingerprint density at radius 1 is 1.07 bits per heavy atom. The summed E-state index contributed by atoms with van der Waals surface area (Å²) >= 11 is 0. The third kappa shape index (κ3) is 5.68. The molecule has 3 saturated heterocycles. The van der Waals surface area contributed by atoms with Crippen molar-refractivity contribution in [1.29, 1.82) is 0 Å². The Balaban J connectivity index is 1.06. The maximum atomic E-state index is 14.6. The number of hydrogen-bond acceptors (Lipinski definition) is 13. The third-order valence-corrected chi connectivity index (χ3v) is 15.0. The summed E-state index contributed by atoms with van der Waals surface area (Å²) < 4.78 is 36.7. The molecule has 5 N–H and O–H groups in total. The van der Waals surface area contributed by atoms with E-state index in [-0.39, 0.29) is 34.8 Å². The highest BCUT2D eigenvalue weighted by atomic mass is 16.8. The SMILES string of the molecule is COC1(C(C)C)CCC2(CO1)[C@H]1CCC3=C4[C@H](CC3)[C@H](C(=O)O[C@@H]3[C@@H](O)[C@H](O[C@@H]5OC=C(C(=O)O)[C@H]6CC=C(CO)[C@@H]56)O[C@H](CO)[C@H]3O)C[C@]42CN(C)C1. The number of methoxy groups -OCH3 is 1. The predicted octanol–water partition coefficient (Wildman–Crippen LogP) is 2.10. The molecule has 300 valence electrons. The maximum absolute atomic E-state index is 14.6. The first-order chi connectivity index (χ1) is 25.8. The molecule has 14 heteroatoms. The van der Waals surface area contributed by atoms with Crippen LogP contribution in [0, 0.1) is 46.3 Å². The van der Waals surface area contributed by atoms with E-state index in [1.807, 2.05) is 0 Å². The Bertz CT molecular complexity index is 1580. The van der Waals surface area contributed by atoms with Crippen LogP contribution in [0.15, 0.2) is 34.6 Å². The van der Waals surface area contributed by atoms with Crippen LogP contribution >= 0.6 is 0 Å². The molecule has 0 radical (unpaired) electrons. The number of hydrogen-bond donors (Lipinski definition) is 5. The van der Waals surface area contributed by atoms with E-state index in [1.54, 1.807) is 13.2 Å². The number of aliphatic hydroxyl groups excluding tert-OH is 4. The lowest BCUT2D eigenvalue weighted by molar-refractivity contribution is -0.340. The summed E-state index contributed by atoms with van der Waals surface area (Å²) in [5, 5.41) is 53.0. The van der Waals surface area contributed by atoms with Crippen LogP contribution in [0.5, 0.6) is 0 Å². The van der Waals surface area contributed by atoms with E-state index >= 15 is 0 Å². The van der Waals surface area contributed by atoms with Gasteiger partial charge in [-0.1, -0.05) is 31.1 Å². The number of carbonyl (C=O) groups is 2. The molecular formula is C40H57NO13. The van der Waals surface area contributed by atoms with Gasteiger partial charge in [-0.25, -0.2) is 4.79 Å². The number of carbonyl (C=O) groups excluding carboxylic acids is 1. The Hall–Kier alpha value is -2.40. The van der Waals surface area contributed by atoms with Crippen molar-refractivity contribution >= 4 is 11.9 Å². The normalized spacial score (nSPS) is 45.8. The molecule has 0 aromatic heterocycles. The fourth-order valence-corrected chi connectivity index (χ4v) is 12.4. The molecule has 0 amide bonds. The van der Waals surface area contributed by atoms with Gasteiger partial charge in [0.05, 0.1) is 43.5 Å². The van der Waals surface area contributed by atoms with Crippen molar-refractivity contribution in [3.63, 3.8) is 0 Å². The van der Waals surface area contributed by atoms with Crippen LogP contribution in [0.3, 0.4) is 0 Å². The fourth-order valence-electron chi connectivity index (χ4n) is 12.4. The molecular weight excluding hydrogens is 702 g/mol. The second-order valence-electron chi connectivity index (χ2n) is 17.5. The second-order valence-corrected chi connectivity index (χ2v) is 17.5. The van der Waals surface area contributed by atoms with Gasteiger partial charge >= 0.3 is 11.9 Å². The third-order valence-electron chi connectivity index (χ3n) is 15.0. The van der Waals surface area contributed by atoms with Gasteiger partial charge in [-0.2, -0.15) is 0 Å². The van der Waals surface area contributed by atoms with Crippen LogP contribution in [0.2, 0.25) is 0 Å². The highest BCUT2D eigenvalue weighted by molar-refractivity contribution is 5.87. The molecule has 0 aromatic carbocycles. The van der Waals surface area contributed by atoms with Crippen LogP contribution in [0.4, 0.5) is 0 Å². The number of ether oxygens (including phenoxy) is 6. The molecule has 54 heavy (non-hydrogen) atoms. The first kappa shape index (κ1) is 38.5. The monoisotopic (exact) mass is 759 g/mol. The van der Waals surface area contributed by atoms with Crippen LogP contribution in [0.25, 0.3) is 0 Å². The van der Waals surface area contributed by atoms with Gasteiger partial charge in [-0.15, -0.1) is 0 Å². The number of aliphatic hydroxyl groups is 4. The molecule has 4 aliphatic heterocycles. The molecule has 4 aliphatic carbocycles. The number of carboxylic acids is 1. The highest BCUT2D eigenvalue weighted by Crippen LogP contribution is 2.72. The van der Waals surface area contributed by atoms with E-state index in [0.717, 1.165) is 57.9 Å². The molecule has 1 saturated carbocycles. The van der Waals surface area contributed by atoms with Gasteiger partial charge in [-0.3, -0.25) is 4.79 Å². The zero-order valence-corrected chi connectivity index (χ0v) is 31.7. The average Bonchev–Trinajstić information content (AvgIpc) is 3.86. The van der Waals surface area contributed by atoms with E-state index < -0.39 is 79.1 Å². The number of aliphatic carboxylic acids is 1. The molecule has 2 unspecified atom stereocenters. The number of fused-ring (bicyclic) bond motifs is 1. The minimum atomic E-state index is -1.67. The molecule has 2 spiro atoms. The Labute approximate surface area is 316 Å². The van der Waals surface area contributed by atoms with E-state index in [0.29, 0.717) is 30.9 Å². The number of carboxylic acid groups (broad SMARTS) is 1. The van der Waals surface area contributed by atoms with Crippen LogP contribution in [0.1, 0.15) is 65.2 Å². The van der Waals surface area contributed by atoms with Crippen molar-refractivity contribution in [2.24, 2.45) is 46.3 Å². The minimum absolute atomic E-state index is 0.0301. The molecule has 2 bridgehead atoms. The van der Waals surface area contributed by atoms with Gasteiger partial charge in [0.15, 0.2) is 18.2 Å². The van der Waals surface area contributed by atoms with Gasteiger partial charge in [0, 0.05) is 49.3 Å². The zero-order chi connectivity index (χ0) is 38.3. The van der Waals surface area contributed by atoms with Gasteiger partial charge in [0.1, 0.15) is 18.3 Å². The second kappa shape index (κ2) is 14.2. The van der Waals surface area contributed by atoms with E-state index in [2.05, 4.69) is 25.8 Å². The van der Waals surface area contributed by atoms with Crippen molar-refractivity contribution in [1.82, 2.24) is 4.90 Å². The van der Waals surface area contributed by atoms with Crippen LogP contribution in [-0.2, 0) is 38.0 Å². The van der Waals surface area contributed by atoms with Crippen molar-refractivity contribution < 1.29 is 63.5 Å². The summed E-state index contributed by atoms with van der Waals surface area (Å²) in [6.45, 7) is 5.61. The van der Waals surface area contributed by atoms with Crippen molar-refractivity contribution in [3.8, 4) is 0 Å². The maximum Gasteiger partial charge on any atom is 0.335 e. The number of rotatable bonds is 9. The fraction of sp³-hybridized carbons (Fsp3) is 0.800. The number of piperidine rings is 1. The number of nitrogens with zero attached hydrogens (tertiary/aromatic N) is 1. The highest BCUT2D eigenvalue weighted by Gasteiger charge is 2.70. The largest absolute Gasteiger partial charge is 0.478 e. The van der Waals surface area contributed by atoms with E-state index in [4.69, 9.17) is 28.4 Å². The quantitative estimate of drug-likeness (QED) is 0.170. The van der Waals surface area contributed by atoms with Crippen LogP contribution < -0.4 is 0 Å². The number of allylic oxidation sites excluding steroid dienone is 2. The lowest BCUT2D eigenvalue weighted by Crippen LogP contribution is -2.64. The van der Waals surface area contributed by atoms with Gasteiger partial charge < -0.3 is 58.9 Å². The van der Waals surface area contributed by atoms with Gasteiger partial charge in [-0.05, 0) is 69.4 Å². The van der Waals surface area contributed by atoms with Crippen LogP contribution in [-0.4, -0.2) is 132 Å². The summed E-state index contributed by atoms with van der Waals surface area (Å²) in [4.78, 5) is 28.9. The number of likely N-dealkylation sites (tertiary alicyclic amines) is 1. The van der Waals surface area contributed by atoms with Gasteiger partial charge in [0.25, 0.3) is 0 Å². The van der Waals surface area contributed by atoms with Gasteiger partial charge in [0.2, 0.25) is 6.29 Å². The standard InChI is InChI=1S/C40H57NO13/c1-20(2)40(49-4)12-11-38(19-51-40)23-8-5-21-6-10-25-26(13-39(38,30(21)25)18-41(3)14-23)35(48)53-33-31(44)28(16-43)52-37(32(33)45)54-36-29-22(15-42)7-9-24(29)27(17-50-36)34(46)47/h7,17,20,23-26,28-29,31-33,36-37,42-45H,5-6,8-16,18-19H2,1-4H3,(H,46,47)/t23-,24+,25+,26+,28+,29+,31+,32+,33-,36-,37-,38?,39-,40?/m0/s1. The van der Waals surface area contributed by atoms with Crippen molar-refractivity contribution in [2.75, 3.05) is 47.1 Å². The molecule has 4 fully saturated rings. The topological polar surface area (TPSA) is 194 Å². The molecule has 8 rings (SSSR count). The summed E-state index contributed by atoms with van der Waals surface area (Å²) in [7, 11) is 3.90. The van der Waals surface area contributed by atoms with E-state index in [9.17, 15) is 35.1 Å². The summed E-state index contributed by atoms with van der Waals surface area (Å²) in [5.74, 6) is -3.51. The summed E-state index contributed by atoms with van der Waals surface area (Å²) in [6, 6.07) is 0. The Kier molecular flexibility index (Phi) is 10.1. The van der Waals surface area contributed by atoms with Crippen molar-refractivity contribution in [2.45, 2.75) is 108 Å². The molecule has 4 heterocycles. The Morgan fingerprint density at radius 3 is 2.52 bits per heavy atom. The molecule has 8 aliphatic rings. The minimum Gasteiger partial charge on any atom is -0.478 e. The molecule has 0 aromatic rings. The predicted molar refractivity (Wildman–Crippen MR) is 189 cm³/mol. The lowest BCUT2D eigenvalue weighted by atomic mass is 9.50. The first-order valence-corrected chi connectivity index (χ1v) is 19.8. The first-order valence-electron chi connectivity index (χ1n) is 19.8. The smallest absolute Gasteiger partial charge is 0.335 e. The van der Waals surface area contributed by atoms with Crippen molar-refractivity contribution in [3.05, 3.63) is 34.6 Å². The molecule has 14 atom stereocenters. The summed E-state index contributed by atoms with van der Waals surface area (Å²) in [5.41, 5.74) is 2.95. The lowest BCUT2D eigenvalue weighted by Gasteiger charge is -2.62. The number of esters is 1. The zero-order valence-electron chi connectivity index (χ0n) is 31.7. The average molecular weight is 760 g/mol.